The Morgan fingerprint density at radius 3 is 2.07 bits per heavy atom. The third-order valence-corrected chi connectivity index (χ3v) is 4.30. The number of nitriles is 1. The summed E-state index contributed by atoms with van der Waals surface area (Å²) in [6.45, 7) is 1.33. The van der Waals surface area contributed by atoms with Crippen LogP contribution >= 0.6 is 0 Å². The van der Waals surface area contributed by atoms with Gasteiger partial charge >= 0.3 is 5.97 Å². The predicted octanol–water partition coefficient (Wildman–Crippen LogP) is 1.51. The number of carbonyl (C=O) groups excluding carboxylic acids is 3. The molecule has 0 aromatic heterocycles. The Hall–Kier alpha value is -3.66. The second-order valence-electron chi connectivity index (χ2n) is 6.54. The largest absolute Gasteiger partial charge is 0.467 e. The highest BCUT2D eigenvalue weighted by atomic mass is 16.5. The zero-order valence-corrected chi connectivity index (χ0v) is 16.3. The molecule has 0 aliphatic rings. The number of hydrogen-bond donors (Lipinski definition) is 2. The summed E-state index contributed by atoms with van der Waals surface area (Å²) in [7, 11) is 1.25. The molecule has 0 bridgehead atoms. The van der Waals surface area contributed by atoms with Crippen molar-refractivity contribution in [2.45, 2.75) is 31.8 Å². The molecule has 2 rings (SSSR count). The Morgan fingerprint density at radius 2 is 1.52 bits per heavy atom. The highest BCUT2D eigenvalue weighted by molar-refractivity contribution is 5.90. The maximum absolute atomic E-state index is 12.8. The van der Waals surface area contributed by atoms with Gasteiger partial charge < -0.3 is 15.4 Å². The monoisotopic (exact) mass is 393 g/mol. The summed E-state index contributed by atoms with van der Waals surface area (Å²) in [4.78, 5) is 36.6. The van der Waals surface area contributed by atoms with Gasteiger partial charge in [-0.15, -0.1) is 0 Å². The molecule has 2 amide bonds. The van der Waals surface area contributed by atoms with Crippen LogP contribution in [0, 0.1) is 11.3 Å². The van der Waals surface area contributed by atoms with Crippen molar-refractivity contribution < 1.29 is 19.1 Å². The van der Waals surface area contributed by atoms with Crippen molar-refractivity contribution in [1.82, 2.24) is 10.6 Å². The van der Waals surface area contributed by atoms with Crippen LogP contribution in [0.25, 0.3) is 0 Å². The second kappa shape index (κ2) is 10.6. The van der Waals surface area contributed by atoms with Crippen molar-refractivity contribution in [3.63, 3.8) is 0 Å². The predicted molar refractivity (Wildman–Crippen MR) is 107 cm³/mol. The number of methoxy groups -OCH3 is 1. The van der Waals surface area contributed by atoms with Crippen LogP contribution in [-0.4, -0.2) is 37.0 Å². The molecule has 2 atom stereocenters. The fourth-order valence-corrected chi connectivity index (χ4v) is 2.86. The lowest BCUT2D eigenvalue weighted by molar-refractivity contribution is -0.145. The van der Waals surface area contributed by atoms with Crippen LogP contribution in [0.4, 0.5) is 0 Å². The number of nitrogens with zero attached hydrogens (tertiary/aromatic N) is 1. The molecule has 0 aliphatic heterocycles. The molecule has 0 aliphatic carbocycles. The highest BCUT2D eigenvalue weighted by Crippen LogP contribution is 2.09. The zero-order chi connectivity index (χ0) is 21.2. The van der Waals surface area contributed by atoms with Gasteiger partial charge in [-0.1, -0.05) is 42.5 Å². The summed E-state index contributed by atoms with van der Waals surface area (Å²) in [6.07, 6.45) is 0.485. The van der Waals surface area contributed by atoms with Crippen molar-refractivity contribution >= 4 is 17.8 Å². The van der Waals surface area contributed by atoms with Crippen molar-refractivity contribution in [3.8, 4) is 6.07 Å². The fraction of sp³-hybridized carbons (Fsp3) is 0.273. The standard InChI is InChI=1S/C22H23N3O4/c1-15(26)24-19(12-16-6-4-3-5-7-16)21(27)25-20(22(28)29-2)13-17-8-10-18(14-23)11-9-17/h3-11,19-20H,12-13H2,1-2H3,(H,24,26)(H,25,27)/t19-,20-/m0/s1. The Kier molecular flexibility index (Phi) is 7.92. The van der Waals surface area contributed by atoms with Crippen LogP contribution in [-0.2, 0) is 32.0 Å². The lowest BCUT2D eigenvalue weighted by Crippen LogP contribution is -2.53. The van der Waals surface area contributed by atoms with Crippen LogP contribution in [0.3, 0.4) is 0 Å². The number of rotatable bonds is 8. The summed E-state index contributed by atoms with van der Waals surface area (Å²) in [6, 6.07) is 16.3. The number of carbonyl (C=O) groups is 3. The van der Waals surface area contributed by atoms with Gasteiger partial charge in [0.1, 0.15) is 12.1 Å². The molecule has 7 nitrogen and oxygen atoms in total. The summed E-state index contributed by atoms with van der Waals surface area (Å²) in [5.41, 5.74) is 2.14. The Balaban J connectivity index is 2.15. The summed E-state index contributed by atoms with van der Waals surface area (Å²) in [5, 5.41) is 14.2. The van der Waals surface area contributed by atoms with Crippen molar-refractivity contribution in [3.05, 3.63) is 71.3 Å². The molecule has 0 saturated carbocycles. The van der Waals surface area contributed by atoms with Gasteiger partial charge in [0.05, 0.1) is 18.7 Å². The molecule has 29 heavy (non-hydrogen) atoms. The number of nitrogens with one attached hydrogen (secondary N) is 2. The van der Waals surface area contributed by atoms with Crippen molar-refractivity contribution in [2.24, 2.45) is 0 Å². The Bertz CT molecular complexity index is 889. The van der Waals surface area contributed by atoms with Crippen molar-refractivity contribution in [1.29, 1.82) is 5.26 Å². The third-order valence-electron chi connectivity index (χ3n) is 4.30. The maximum atomic E-state index is 12.8. The number of ether oxygens (including phenoxy) is 1. The van der Waals surface area contributed by atoms with Gasteiger partial charge in [-0.25, -0.2) is 4.79 Å². The van der Waals surface area contributed by atoms with E-state index in [0.717, 1.165) is 11.1 Å². The molecule has 2 aromatic rings. The summed E-state index contributed by atoms with van der Waals surface area (Å²) >= 11 is 0. The first-order valence-electron chi connectivity index (χ1n) is 9.11. The quantitative estimate of drug-likeness (QED) is 0.661. The van der Waals surface area contributed by atoms with E-state index in [-0.39, 0.29) is 18.7 Å². The second-order valence-corrected chi connectivity index (χ2v) is 6.54. The van der Waals surface area contributed by atoms with Crippen LogP contribution in [0.1, 0.15) is 23.6 Å². The molecule has 0 spiro atoms. The minimum absolute atomic E-state index is 0.197. The SMILES string of the molecule is COC(=O)[C@H](Cc1ccc(C#N)cc1)NC(=O)[C@H](Cc1ccccc1)NC(C)=O. The summed E-state index contributed by atoms with van der Waals surface area (Å²) in [5.74, 6) is -1.42. The van der Waals surface area contributed by atoms with Gasteiger partial charge in [-0.3, -0.25) is 9.59 Å². The van der Waals surface area contributed by atoms with Crippen LogP contribution in [0.2, 0.25) is 0 Å². The van der Waals surface area contributed by atoms with E-state index in [1.807, 2.05) is 36.4 Å². The fourth-order valence-electron chi connectivity index (χ4n) is 2.86. The van der Waals surface area contributed by atoms with Gasteiger partial charge in [-0.2, -0.15) is 5.26 Å². The van der Waals surface area contributed by atoms with Crippen LogP contribution in [0.5, 0.6) is 0 Å². The third kappa shape index (κ3) is 6.78. The molecule has 0 heterocycles. The van der Waals surface area contributed by atoms with E-state index in [9.17, 15) is 14.4 Å². The maximum Gasteiger partial charge on any atom is 0.328 e. The average molecular weight is 393 g/mol. The normalized spacial score (nSPS) is 12.2. The van der Waals surface area contributed by atoms with E-state index >= 15 is 0 Å². The molecule has 150 valence electrons. The molecule has 0 fully saturated rings. The van der Waals surface area contributed by atoms with E-state index in [1.165, 1.54) is 14.0 Å². The number of benzene rings is 2. The van der Waals surface area contributed by atoms with Gasteiger partial charge in [0, 0.05) is 19.8 Å². The summed E-state index contributed by atoms with van der Waals surface area (Å²) < 4.78 is 4.82. The van der Waals surface area contributed by atoms with E-state index in [0.29, 0.717) is 5.56 Å². The Labute approximate surface area is 169 Å². The van der Waals surface area contributed by atoms with E-state index in [1.54, 1.807) is 24.3 Å². The number of hydrogen-bond acceptors (Lipinski definition) is 5. The number of esters is 1. The first-order valence-corrected chi connectivity index (χ1v) is 9.11. The first-order chi connectivity index (χ1) is 13.9. The minimum Gasteiger partial charge on any atom is -0.467 e. The molecule has 0 radical (unpaired) electrons. The molecule has 2 aromatic carbocycles. The lowest BCUT2D eigenvalue weighted by atomic mass is 10.0. The van der Waals surface area contributed by atoms with E-state index in [4.69, 9.17) is 10.00 Å². The van der Waals surface area contributed by atoms with Gasteiger partial charge in [0.15, 0.2) is 0 Å². The van der Waals surface area contributed by atoms with E-state index in [2.05, 4.69) is 10.6 Å². The van der Waals surface area contributed by atoms with Gasteiger partial charge in [0.2, 0.25) is 11.8 Å². The van der Waals surface area contributed by atoms with Crippen molar-refractivity contribution in [2.75, 3.05) is 7.11 Å². The number of amides is 2. The minimum atomic E-state index is -0.924. The Morgan fingerprint density at radius 1 is 0.931 bits per heavy atom. The van der Waals surface area contributed by atoms with Gasteiger partial charge in [-0.05, 0) is 23.3 Å². The average Bonchev–Trinajstić information content (AvgIpc) is 2.73. The first kappa shape index (κ1) is 21.6. The molecular weight excluding hydrogens is 370 g/mol. The van der Waals surface area contributed by atoms with E-state index < -0.39 is 24.0 Å². The van der Waals surface area contributed by atoms with Crippen LogP contribution in [0.15, 0.2) is 54.6 Å². The molecule has 2 N–H and O–H groups in total. The highest BCUT2D eigenvalue weighted by Gasteiger charge is 2.27. The topological polar surface area (TPSA) is 108 Å². The molecule has 0 saturated heterocycles. The lowest BCUT2D eigenvalue weighted by Gasteiger charge is -2.22. The van der Waals surface area contributed by atoms with Gasteiger partial charge in [0.25, 0.3) is 0 Å². The van der Waals surface area contributed by atoms with Crippen LogP contribution < -0.4 is 10.6 Å². The molecular formula is C22H23N3O4. The molecule has 7 heteroatoms. The smallest absolute Gasteiger partial charge is 0.328 e. The molecule has 0 unspecified atom stereocenters. The zero-order valence-electron chi connectivity index (χ0n) is 16.3.